The second-order valence-corrected chi connectivity index (χ2v) is 4.18. The highest BCUT2D eigenvalue weighted by molar-refractivity contribution is 5.47. The lowest BCUT2D eigenvalue weighted by molar-refractivity contribution is -0.137. The molecule has 0 atom stereocenters. The summed E-state index contributed by atoms with van der Waals surface area (Å²) in [5.41, 5.74) is 1.89. The summed E-state index contributed by atoms with van der Waals surface area (Å²) in [7, 11) is 0. The van der Waals surface area contributed by atoms with Gasteiger partial charge in [0.1, 0.15) is 0 Å². The van der Waals surface area contributed by atoms with Crippen LogP contribution in [0.1, 0.15) is 16.8 Å². The summed E-state index contributed by atoms with van der Waals surface area (Å²) < 4.78 is 37.2. The summed E-state index contributed by atoms with van der Waals surface area (Å²) in [6, 6.07) is 8.82. The third kappa shape index (κ3) is 3.47. The van der Waals surface area contributed by atoms with E-state index in [1.54, 1.807) is 6.20 Å². The molecule has 0 spiro atoms. The first-order valence-corrected chi connectivity index (χ1v) is 5.78. The Balaban J connectivity index is 2.03. The van der Waals surface area contributed by atoms with E-state index in [1.807, 2.05) is 19.1 Å². The molecule has 1 N–H and O–H groups in total. The number of hydrogen-bond donors (Lipinski definition) is 1. The summed E-state index contributed by atoms with van der Waals surface area (Å²) >= 11 is 0. The number of anilines is 1. The van der Waals surface area contributed by atoms with Crippen LogP contribution in [0.3, 0.4) is 0 Å². The number of aryl methyl sites for hydroxylation is 1. The average Bonchev–Trinajstić information content (AvgIpc) is 2.37. The van der Waals surface area contributed by atoms with Gasteiger partial charge in [-0.3, -0.25) is 4.98 Å². The van der Waals surface area contributed by atoms with E-state index in [4.69, 9.17) is 0 Å². The summed E-state index contributed by atoms with van der Waals surface area (Å²) in [6.07, 6.45) is -2.59. The molecule has 0 aliphatic heterocycles. The van der Waals surface area contributed by atoms with Crippen molar-refractivity contribution in [1.82, 2.24) is 4.98 Å². The molecule has 0 unspecified atom stereocenters. The Hall–Kier alpha value is -2.04. The van der Waals surface area contributed by atoms with E-state index in [-0.39, 0.29) is 0 Å². The van der Waals surface area contributed by atoms with Crippen LogP contribution in [0.5, 0.6) is 0 Å². The van der Waals surface area contributed by atoms with Crippen molar-refractivity contribution in [2.24, 2.45) is 0 Å². The maximum Gasteiger partial charge on any atom is 0.416 e. The molecule has 5 heteroatoms. The van der Waals surface area contributed by atoms with Gasteiger partial charge < -0.3 is 5.32 Å². The van der Waals surface area contributed by atoms with Gasteiger partial charge in [-0.25, -0.2) is 0 Å². The van der Waals surface area contributed by atoms with Gasteiger partial charge in [-0.1, -0.05) is 12.1 Å². The van der Waals surface area contributed by atoms with Crippen molar-refractivity contribution in [1.29, 1.82) is 0 Å². The Morgan fingerprint density at radius 2 is 1.79 bits per heavy atom. The number of alkyl halides is 3. The Morgan fingerprint density at radius 1 is 1.11 bits per heavy atom. The van der Waals surface area contributed by atoms with E-state index in [0.717, 1.165) is 29.1 Å². The Bertz CT molecular complexity index is 547. The van der Waals surface area contributed by atoms with Crippen LogP contribution in [-0.4, -0.2) is 4.98 Å². The molecular formula is C14H13F3N2. The molecule has 0 saturated heterocycles. The minimum atomic E-state index is -4.29. The molecule has 0 fully saturated rings. The summed E-state index contributed by atoms with van der Waals surface area (Å²) in [4.78, 5) is 4.13. The molecule has 2 nitrogen and oxygen atoms in total. The number of nitrogens with one attached hydrogen (secondary N) is 1. The van der Waals surface area contributed by atoms with E-state index >= 15 is 0 Å². The number of aromatic nitrogens is 1. The molecule has 19 heavy (non-hydrogen) atoms. The third-order valence-electron chi connectivity index (χ3n) is 2.77. The molecule has 0 saturated carbocycles. The molecule has 2 rings (SSSR count). The number of pyridine rings is 1. The third-order valence-corrected chi connectivity index (χ3v) is 2.77. The topological polar surface area (TPSA) is 24.9 Å². The van der Waals surface area contributed by atoms with Gasteiger partial charge >= 0.3 is 6.18 Å². The normalized spacial score (nSPS) is 11.4. The molecule has 1 aromatic heterocycles. The lowest BCUT2D eigenvalue weighted by Crippen LogP contribution is -2.06. The molecule has 1 aromatic carbocycles. The molecule has 0 bridgehead atoms. The summed E-state index contributed by atoms with van der Waals surface area (Å²) in [6.45, 7) is 2.33. The predicted octanol–water partition coefficient (Wildman–Crippen LogP) is 4.02. The smallest absolute Gasteiger partial charge is 0.380 e. The highest BCUT2D eigenvalue weighted by Crippen LogP contribution is 2.29. The Labute approximate surface area is 109 Å². The van der Waals surface area contributed by atoms with Crippen molar-refractivity contribution in [3.8, 4) is 0 Å². The van der Waals surface area contributed by atoms with Crippen molar-refractivity contribution < 1.29 is 13.2 Å². The van der Waals surface area contributed by atoms with Gasteiger partial charge in [-0.15, -0.1) is 0 Å². The molecule has 0 aliphatic rings. The van der Waals surface area contributed by atoms with Gasteiger partial charge in [0.15, 0.2) is 0 Å². The van der Waals surface area contributed by atoms with Gasteiger partial charge in [0, 0.05) is 12.7 Å². The summed E-state index contributed by atoms with van der Waals surface area (Å²) in [5.74, 6) is 0. The van der Waals surface area contributed by atoms with Gasteiger partial charge in [0.2, 0.25) is 0 Å². The minimum Gasteiger partial charge on any atom is -0.380 e. The Kier molecular flexibility index (Phi) is 3.74. The van der Waals surface area contributed by atoms with Crippen LogP contribution < -0.4 is 5.32 Å². The molecule has 0 radical (unpaired) electrons. The zero-order chi connectivity index (χ0) is 13.9. The molecule has 0 aliphatic carbocycles. The van der Waals surface area contributed by atoms with E-state index in [2.05, 4.69) is 10.3 Å². The second-order valence-electron chi connectivity index (χ2n) is 4.18. The fourth-order valence-electron chi connectivity index (χ4n) is 1.68. The van der Waals surface area contributed by atoms with Crippen LogP contribution in [-0.2, 0) is 12.7 Å². The second kappa shape index (κ2) is 5.30. The first kappa shape index (κ1) is 13.4. The Morgan fingerprint density at radius 3 is 2.37 bits per heavy atom. The van der Waals surface area contributed by atoms with E-state index < -0.39 is 11.7 Å². The van der Waals surface area contributed by atoms with Crippen LogP contribution in [0.25, 0.3) is 0 Å². The highest BCUT2D eigenvalue weighted by atomic mass is 19.4. The van der Waals surface area contributed by atoms with E-state index in [1.165, 1.54) is 12.1 Å². The van der Waals surface area contributed by atoms with Crippen molar-refractivity contribution >= 4 is 5.69 Å². The fourth-order valence-corrected chi connectivity index (χ4v) is 1.68. The molecule has 2 aromatic rings. The largest absolute Gasteiger partial charge is 0.416 e. The van der Waals surface area contributed by atoms with Crippen molar-refractivity contribution in [2.75, 3.05) is 5.32 Å². The van der Waals surface area contributed by atoms with Crippen LogP contribution in [0.15, 0.2) is 42.6 Å². The minimum absolute atomic E-state index is 0.463. The first-order chi connectivity index (χ1) is 8.97. The standard InChI is InChI=1S/C14H13F3N2/c1-10-13(3-2-8-18-10)19-9-11-4-6-12(7-5-11)14(15,16)17/h2-8,19H,9H2,1H3. The zero-order valence-electron chi connectivity index (χ0n) is 10.3. The monoisotopic (exact) mass is 266 g/mol. The zero-order valence-corrected chi connectivity index (χ0v) is 10.3. The summed E-state index contributed by atoms with van der Waals surface area (Å²) in [5, 5.41) is 3.14. The fraction of sp³-hybridized carbons (Fsp3) is 0.214. The van der Waals surface area contributed by atoms with Crippen LogP contribution in [0.2, 0.25) is 0 Å². The van der Waals surface area contributed by atoms with Crippen LogP contribution >= 0.6 is 0 Å². The first-order valence-electron chi connectivity index (χ1n) is 5.78. The van der Waals surface area contributed by atoms with Gasteiger partial charge in [0.25, 0.3) is 0 Å². The van der Waals surface area contributed by atoms with Crippen molar-refractivity contribution in [3.05, 3.63) is 59.4 Å². The number of benzene rings is 1. The van der Waals surface area contributed by atoms with E-state index in [0.29, 0.717) is 6.54 Å². The van der Waals surface area contributed by atoms with Gasteiger partial charge in [-0.05, 0) is 36.8 Å². The van der Waals surface area contributed by atoms with E-state index in [9.17, 15) is 13.2 Å². The number of halogens is 3. The number of hydrogen-bond acceptors (Lipinski definition) is 2. The average molecular weight is 266 g/mol. The maximum absolute atomic E-state index is 12.4. The lowest BCUT2D eigenvalue weighted by Gasteiger charge is -2.10. The lowest BCUT2D eigenvalue weighted by atomic mass is 10.1. The van der Waals surface area contributed by atoms with Gasteiger partial charge in [0.05, 0.1) is 16.9 Å². The van der Waals surface area contributed by atoms with Crippen LogP contribution in [0, 0.1) is 6.92 Å². The molecule has 0 amide bonds. The van der Waals surface area contributed by atoms with Crippen LogP contribution in [0.4, 0.5) is 18.9 Å². The quantitative estimate of drug-likeness (QED) is 0.907. The van der Waals surface area contributed by atoms with Crippen molar-refractivity contribution in [2.45, 2.75) is 19.6 Å². The van der Waals surface area contributed by atoms with Gasteiger partial charge in [-0.2, -0.15) is 13.2 Å². The molecule has 100 valence electrons. The molecular weight excluding hydrogens is 253 g/mol. The highest BCUT2D eigenvalue weighted by Gasteiger charge is 2.29. The number of rotatable bonds is 3. The maximum atomic E-state index is 12.4. The predicted molar refractivity (Wildman–Crippen MR) is 67.7 cm³/mol. The molecule has 1 heterocycles. The SMILES string of the molecule is Cc1ncccc1NCc1ccc(C(F)(F)F)cc1. The number of nitrogens with zero attached hydrogens (tertiary/aromatic N) is 1. The van der Waals surface area contributed by atoms with Crippen molar-refractivity contribution in [3.63, 3.8) is 0 Å².